The van der Waals surface area contributed by atoms with Crippen LogP contribution in [0, 0.1) is 0 Å². The van der Waals surface area contributed by atoms with E-state index in [-0.39, 0.29) is 19.1 Å². The van der Waals surface area contributed by atoms with E-state index >= 15 is 0 Å². The Hall–Kier alpha value is -3.35. The summed E-state index contributed by atoms with van der Waals surface area (Å²) < 4.78 is 4.87. The molecule has 152 valence electrons. The van der Waals surface area contributed by atoms with Crippen molar-refractivity contribution in [2.45, 2.75) is 32.9 Å². The molecule has 0 saturated carbocycles. The van der Waals surface area contributed by atoms with Gasteiger partial charge in [0, 0.05) is 24.3 Å². The van der Waals surface area contributed by atoms with Crippen LogP contribution in [0.1, 0.15) is 35.3 Å². The van der Waals surface area contributed by atoms with Gasteiger partial charge in [-0.05, 0) is 49.6 Å². The standard InChI is InChI=1S/C22H25N3O4/c1-3-29-21(27)15(2)24-22(28)23-14-16-9-10-17-11-12-25(19(17)13-16)20(26)18-7-5-4-6-8-18/h4-10,13,15H,3,11-12,14H2,1-2H3,(H2,23,24,28)/t15-/m0/s1. The lowest BCUT2D eigenvalue weighted by molar-refractivity contribution is -0.144. The van der Waals surface area contributed by atoms with Gasteiger partial charge in [0.25, 0.3) is 5.91 Å². The summed E-state index contributed by atoms with van der Waals surface area (Å²) >= 11 is 0. The van der Waals surface area contributed by atoms with E-state index in [1.54, 1.807) is 30.9 Å². The number of hydrogen-bond donors (Lipinski definition) is 2. The Morgan fingerprint density at radius 3 is 2.62 bits per heavy atom. The number of hydrogen-bond acceptors (Lipinski definition) is 4. The highest BCUT2D eigenvalue weighted by molar-refractivity contribution is 6.07. The van der Waals surface area contributed by atoms with E-state index in [1.807, 2.05) is 36.4 Å². The van der Waals surface area contributed by atoms with Crippen LogP contribution in [0.3, 0.4) is 0 Å². The average Bonchev–Trinajstić information content (AvgIpc) is 3.15. The number of nitrogens with zero attached hydrogens (tertiary/aromatic N) is 1. The summed E-state index contributed by atoms with van der Waals surface area (Å²) in [7, 11) is 0. The summed E-state index contributed by atoms with van der Waals surface area (Å²) in [6.45, 7) is 4.46. The van der Waals surface area contributed by atoms with Gasteiger partial charge in [0.1, 0.15) is 6.04 Å². The Labute approximate surface area is 170 Å². The summed E-state index contributed by atoms with van der Waals surface area (Å²) in [6, 6.07) is 13.9. The normalized spacial score (nSPS) is 13.4. The molecule has 3 amide bonds. The molecular weight excluding hydrogens is 370 g/mol. The van der Waals surface area contributed by atoms with Crippen molar-refractivity contribution in [2.75, 3.05) is 18.1 Å². The van der Waals surface area contributed by atoms with E-state index < -0.39 is 18.0 Å². The van der Waals surface area contributed by atoms with Crippen molar-refractivity contribution < 1.29 is 19.1 Å². The number of rotatable bonds is 6. The van der Waals surface area contributed by atoms with Crippen LogP contribution in [-0.2, 0) is 22.5 Å². The third-order valence-electron chi connectivity index (χ3n) is 4.75. The minimum atomic E-state index is -0.728. The Kier molecular flexibility index (Phi) is 6.49. The van der Waals surface area contributed by atoms with Gasteiger partial charge in [0.15, 0.2) is 0 Å². The molecule has 2 aromatic rings. The van der Waals surface area contributed by atoms with Crippen LogP contribution in [0.25, 0.3) is 0 Å². The van der Waals surface area contributed by atoms with Crippen molar-refractivity contribution in [3.8, 4) is 0 Å². The third kappa shape index (κ3) is 4.93. The lowest BCUT2D eigenvalue weighted by Crippen LogP contribution is -2.44. The van der Waals surface area contributed by atoms with E-state index in [1.165, 1.54) is 0 Å². The molecule has 0 bridgehead atoms. The van der Waals surface area contributed by atoms with Gasteiger partial charge in [0.2, 0.25) is 0 Å². The molecule has 0 aliphatic carbocycles. The predicted octanol–water partition coefficient (Wildman–Crippen LogP) is 2.64. The van der Waals surface area contributed by atoms with Gasteiger partial charge in [-0.3, -0.25) is 4.79 Å². The first-order chi connectivity index (χ1) is 14.0. The first kappa shape index (κ1) is 20.4. The predicted molar refractivity (Wildman–Crippen MR) is 110 cm³/mol. The lowest BCUT2D eigenvalue weighted by atomic mass is 10.1. The SMILES string of the molecule is CCOC(=O)[C@H](C)NC(=O)NCc1ccc2c(c1)N(C(=O)c1ccccc1)CC2. The van der Waals surface area contributed by atoms with Gasteiger partial charge in [-0.25, -0.2) is 9.59 Å². The van der Waals surface area contributed by atoms with Crippen molar-refractivity contribution in [1.29, 1.82) is 0 Å². The molecule has 3 rings (SSSR count). The summed E-state index contributed by atoms with van der Waals surface area (Å²) in [5, 5.41) is 5.28. The number of urea groups is 1. The molecule has 29 heavy (non-hydrogen) atoms. The first-order valence-corrected chi connectivity index (χ1v) is 9.69. The number of carbonyl (C=O) groups excluding carboxylic acids is 3. The maximum Gasteiger partial charge on any atom is 0.328 e. The molecular formula is C22H25N3O4. The molecule has 0 unspecified atom stereocenters. The fraction of sp³-hybridized carbons (Fsp3) is 0.318. The van der Waals surface area contributed by atoms with Crippen LogP contribution in [-0.4, -0.2) is 37.1 Å². The largest absolute Gasteiger partial charge is 0.464 e. The van der Waals surface area contributed by atoms with Crippen LogP contribution < -0.4 is 15.5 Å². The van der Waals surface area contributed by atoms with E-state index in [2.05, 4.69) is 10.6 Å². The zero-order valence-electron chi connectivity index (χ0n) is 16.6. The number of esters is 1. The highest BCUT2D eigenvalue weighted by atomic mass is 16.5. The van der Waals surface area contributed by atoms with Crippen molar-refractivity contribution >= 4 is 23.6 Å². The molecule has 7 nitrogen and oxygen atoms in total. The van der Waals surface area contributed by atoms with Crippen LogP contribution in [0.5, 0.6) is 0 Å². The summed E-state index contributed by atoms with van der Waals surface area (Å²) in [5.74, 6) is -0.509. The second-order valence-electron chi connectivity index (χ2n) is 6.84. The number of benzene rings is 2. The van der Waals surface area contributed by atoms with Crippen LogP contribution >= 0.6 is 0 Å². The molecule has 1 aliphatic rings. The molecule has 0 spiro atoms. The minimum Gasteiger partial charge on any atom is -0.464 e. The molecule has 0 aromatic heterocycles. The molecule has 0 radical (unpaired) electrons. The zero-order valence-corrected chi connectivity index (χ0v) is 16.6. The van der Waals surface area contributed by atoms with Gasteiger partial charge in [-0.15, -0.1) is 0 Å². The molecule has 1 heterocycles. The van der Waals surface area contributed by atoms with Crippen molar-refractivity contribution in [3.05, 3.63) is 65.2 Å². The van der Waals surface area contributed by atoms with Gasteiger partial charge in [0.05, 0.1) is 6.61 Å². The Bertz CT molecular complexity index is 898. The molecule has 0 saturated heterocycles. The monoisotopic (exact) mass is 395 g/mol. The second kappa shape index (κ2) is 9.23. The molecule has 1 atom stereocenters. The third-order valence-corrected chi connectivity index (χ3v) is 4.75. The lowest BCUT2D eigenvalue weighted by Gasteiger charge is -2.18. The van der Waals surface area contributed by atoms with Gasteiger partial charge >= 0.3 is 12.0 Å². The van der Waals surface area contributed by atoms with Crippen LogP contribution in [0.4, 0.5) is 10.5 Å². The number of amides is 3. The quantitative estimate of drug-likeness (QED) is 0.736. The van der Waals surface area contributed by atoms with E-state index in [0.717, 1.165) is 23.2 Å². The van der Waals surface area contributed by atoms with Crippen LogP contribution in [0.2, 0.25) is 0 Å². The van der Waals surface area contributed by atoms with Crippen molar-refractivity contribution in [3.63, 3.8) is 0 Å². The summed E-state index contributed by atoms with van der Waals surface area (Å²) in [6.07, 6.45) is 0.805. The van der Waals surface area contributed by atoms with E-state index in [4.69, 9.17) is 4.74 Å². The molecule has 7 heteroatoms. The fourth-order valence-electron chi connectivity index (χ4n) is 3.24. The second-order valence-corrected chi connectivity index (χ2v) is 6.84. The number of fused-ring (bicyclic) bond motifs is 1. The zero-order chi connectivity index (χ0) is 20.8. The van der Waals surface area contributed by atoms with Gasteiger partial charge in [-0.1, -0.05) is 30.3 Å². The topological polar surface area (TPSA) is 87.7 Å². The summed E-state index contributed by atoms with van der Waals surface area (Å²) in [4.78, 5) is 38.2. The Morgan fingerprint density at radius 2 is 1.90 bits per heavy atom. The van der Waals surface area contributed by atoms with Crippen molar-refractivity contribution in [1.82, 2.24) is 10.6 Å². The van der Waals surface area contributed by atoms with E-state index in [0.29, 0.717) is 12.1 Å². The van der Waals surface area contributed by atoms with Crippen molar-refractivity contribution in [2.24, 2.45) is 0 Å². The number of anilines is 1. The molecule has 1 aliphatic heterocycles. The Balaban J connectivity index is 1.62. The van der Waals surface area contributed by atoms with Crippen LogP contribution in [0.15, 0.2) is 48.5 Å². The van der Waals surface area contributed by atoms with E-state index in [9.17, 15) is 14.4 Å². The van der Waals surface area contributed by atoms with Gasteiger partial charge in [-0.2, -0.15) is 0 Å². The number of nitrogens with one attached hydrogen (secondary N) is 2. The highest BCUT2D eigenvalue weighted by Crippen LogP contribution is 2.30. The molecule has 0 fully saturated rings. The Morgan fingerprint density at radius 1 is 1.14 bits per heavy atom. The highest BCUT2D eigenvalue weighted by Gasteiger charge is 2.25. The van der Waals surface area contributed by atoms with Gasteiger partial charge < -0.3 is 20.3 Å². The summed E-state index contributed by atoms with van der Waals surface area (Å²) in [5.41, 5.74) is 3.50. The maximum atomic E-state index is 12.8. The fourth-order valence-corrected chi connectivity index (χ4v) is 3.24. The minimum absolute atomic E-state index is 0.0320. The molecule has 2 N–H and O–H groups in total. The number of ether oxygens (including phenoxy) is 1. The number of carbonyl (C=O) groups is 3. The smallest absolute Gasteiger partial charge is 0.328 e. The molecule has 2 aromatic carbocycles. The first-order valence-electron chi connectivity index (χ1n) is 9.69. The maximum absolute atomic E-state index is 12.8. The average molecular weight is 395 g/mol.